The maximum atomic E-state index is 13.5. The highest BCUT2D eigenvalue weighted by molar-refractivity contribution is 5.89. The van der Waals surface area contributed by atoms with E-state index in [0.29, 0.717) is 0 Å². The van der Waals surface area contributed by atoms with Gasteiger partial charge in [-0.05, 0) is 6.07 Å². The van der Waals surface area contributed by atoms with Gasteiger partial charge in [0.1, 0.15) is 6.61 Å². The second-order valence-electron chi connectivity index (χ2n) is 3.16. The van der Waals surface area contributed by atoms with Crippen LogP contribution in [0.4, 0.5) is 20.6 Å². The first-order chi connectivity index (χ1) is 7.59. The summed E-state index contributed by atoms with van der Waals surface area (Å²) in [6.45, 7) is 0.433. The fraction of sp³-hybridized carbons (Fsp3) is 0.222. The van der Waals surface area contributed by atoms with Crippen LogP contribution in [0.2, 0.25) is 0 Å². The summed E-state index contributed by atoms with van der Waals surface area (Å²) in [6, 6.07) is 3.12. The first-order valence-electron chi connectivity index (χ1n) is 4.48. The van der Waals surface area contributed by atoms with Gasteiger partial charge in [-0.2, -0.15) is 0 Å². The summed E-state index contributed by atoms with van der Waals surface area (Å²) in [5.41, 5.74) is -0.359. The first kappa shape index (κ1) is 10.3. The van der Waals surface area contributed by atoms with Crippen molar-refractivity contribution in [1.29, 1.82) is 0 Å². The Balaban J connectivity index is 2.36. The third-order valence-corrected chi connectivity index (χ3v) is 2.19. The highest BCUT2D eigenvalue weighted by Gasteiger charge is 2.26. The molecule has 6 nitrogen and oxygen atoms in total. The molecule has 1 aliphatic heterocycles. The van der Waals surface area contributed by atoms with E-state index in [-0.39, 0.29) is 24.5 Å². The monoisotopic (exact) mass is 226 g/mol. The number of halogens is 1. The Morgan fingerprint density at radius 1 is 1.50 bits per heavy atom. The van der Waals surface area contributed by atoms with E-state index in [4.69, 9.17) is 0 Å². The van der Waals surface area contributed by atoms with Crippen LogP contribution >= 0.6 is 0 Å². The number of nitrogens with zero attached hydrogens (tertiary/aromatic N) is 2. The summed E-state index contributed by atoms with van der Waals surface area (Å²) in [5.74, 6) is -0.812. The molecule has 0 radical (unpaired) electrons. The van der Waals surface area contributed by atoms with Crippen molar-refractivity contribution in [2.75, 3.05) is 18.1 Å². The summed E-state index contributed by atoms with van der Waals surface area (Å²) in [4.78, 5) is 21.9. The quantitative estimate of drug-likeness (QED) is 0.568. The number of amides is 1. The molecule has 84 valence electrons. The normalized spacial score (nSPS) is 15.1. The number of hydrogen-bond acceptors (Lipinski definition) is 4. The van der Waals surface area contributed by atoms with Crippen LogP contribution in [-0.4, -0.2) is 24.2 Å². The second kappa shape index (κ2) is 3.76. The van der Waals surface area contributed by atoms with Crippen LogP contribution in [0.5, 0.6) is 0 Å². The molecule has 0 saturated carbocycles. The number of nitro groups is 1. The Kier molecular flexibility index (Phi) is 2.43. The van der Waals surface area contributed by atoms with Crippen molar-refractivity contribution in [2.45, 2.75) is 0 Å². The van der Waals surface area contributed by atoms with E-state index in [0.717, 1.165) is 17.0 Å². The lowest BCUT2D eigenvalue weighted by molar-refractivity contribution is -0.385. The lowest BCUT2D eigenvalue weighted by atomic mass is 10.2. The van der Waals surface area contributed by atoms with E-state index < -0.39 is 16.8 Å². The van der Waals surface area contributed by atoms with Gasteiger partial charge in [0.15, 0.2) is 5.82 Å². The van der Waals surface area contributed by atoms with Gasteiger partial charge in [-0.25, -0.2) is 9.18 Å². The molecule has 1 aromatic carbocycles. The van der Waals surface area contributed by atoms with Crippen molar-refractivity contribution in [3.63, 3.8) is 0 Å². The maximum absolute atomic E-state index is 13.5. The molecule has 0 N–H and O–H groups in total. The molecule has 1 amide bonds. The Labute approximate surface area is 89.4 Å². The van der Waals surface area contributed by atoms with E-state index >= 15 is 0 Å². The van der Waals surface area contributed by atoms with Crippen molar-refractivity contribution >= 4 is 17.5 Å². The molecule has 1 saturated heterocycles. The first-order valence-corrected chi connectivity index (χ1v) is 4.48. The molecule has 7 heteroatoms. The third-order valence-electron chi connectivity index (χ3n) is 2.19. The van der Waals surface area contributed by atoms with Crippen LogP contribution in [0.1, 0.15) is 0 Å². The maximum Gasteiger partial charge on any atom is 0.414 e. The number of ether oxygens (including phenoxy) is 1. The van der Waals surface area contributed by atoms with E-state index in [9.17, 15) is 19.3 Å². The van der Waals surface area contributed by atoms with Crippen LogP contribution < -0.4 is 4.90 Å². The lowest BCUT2D eigenvalue weighted by Gasteiger charge is -2.12. The topological polar surface area (TPSA) is 72.7 Å². The van der Waals surface area contributed by atoms with Gasteiger partial charge in [0.25, 0.3) is 5.69 Å². The van der Waals surface area contributed by atoms with E-state index in [2.05, 4.69) is 4.74 Å². The molecule has 1 aliphatic rings. The Morgan fingerprint density at radius 3 is 2.75 bits per heavy atom. The number of hydrogen-bond donors (Lipinski definition) is 0. The van der Waals surface area contributed by atoms with Crippen LogP contribution in [0.15, 0.2) is 18.2 Å². The van der Waals surface area contributed by atoms with Gasteiger partial charge in [0.2, 0.25) is 0 Å². The van der Waals surface area contributed by atoms with Crippen molar-refractivity contribution in [1.82, 2.24) is 0 Å². The zero-order chi connectivity index (χ0) is 11.7. The van der Waals surface area contributed by atoms with Crippen LogP contribution in [0, 0.1) is 15.9 Å². The van der Waals surface area contributed by atoms with Gasteiger partial charge in [0.05, 0.1) is 23.2 Å². The fourth-order valence-corrected chi connectivity index (χ4v) is 1.44. The SMILES string of the molecule is O=C1OCCN1c1ccc([N+](=O)[O-])cc1F. The van der Waals surface area contributed by atoms with Crippen molar-refractivity contribution in [3.8, 4) is 0 Å². The second-order valence-corrected chi connectivity index (χ2v) is 3.16. The molecule has 1 aromatic rings. The van der Waals surface area contributed by atoms with Crippen molar-refractivity contribution in [2.24, 2.45) is 0 Å². The smallest absolute Gasteiger partial charge is 0.414 e. The van der Waals surface area contributed by atoms with Gasteiger partial charge < -0.3 is 4.74 Å². The molecule has 0 aromatic heterocycles. The summed E-state index contributed by atoms with van der Waals surface area (Å²) in [7, 11) is 0. The standard InChI is InChI=1S/C9H7FN2O4/c10-7-5-6(12(14)15)1-2-8(7)11-3-4-16-9(11)13/h1-2,5H,3-4H2. The number of cyclic esters (lactones) is 1. The van der Waals surface area contributed by atoms with Crippen LogP contribution in [0.25, 0.3) is 0 Å². The molecule has 1 fully saturated rings. The van der Waals surface area contributed by atoms with Crippen LogP contribution in [0.3, 0.4) is 0 Å². The van der Waals surface area contributed by atoms with Crippen LogP contribution in [-0.2, 0) is 4.74 Å². The Bertz CT molecular complexity index is 463. The Hall–Kier alpha value is -2.18. The van der Waals surface area contributed by atoms with Gasteiger partial charge in [0, 0.05) is 6.07 Å². The predicted octanol–water partition coefficient (Wildman–Crippen LogP) is 1.69. The minimum absolute atomic E-state index is 0.00639. The molecular weight excluding hydrogens is 219 g/mol. The molecule has 0 unspecified atom stereocenters. The number of anilines is 1. The zero-order valence-electron chi connectivity index (χ0n) is 8.05. The van der Waals surface area contributed by atoms with Crippen molar-refractivity contribution < 1.29 is 18.8 Å². The third kappa shape index (κ3) is 1.67. The zero-order valence-corrected chi connectivity index (χ0v) is 8.05. The molecule has 0 bridgehead atoms. The molecular formula is C9H7FN2O4. The lowest BCUT2D eigenvalue weighted by Crippen LogP contribution is -2.24. The van der Waals surface area contributed by atoms with E-state index in [1.54, 1.807) is 0 Å². The summed E-state index contributed by atoms with van der Waals surface area (Å²) in [6.07, 6.45) is -0.646. The molecule has 0 spiro atoms. The van der Waals surface area contributed by atoms with E-state index in [1.807, 2.05) is 0 Å². The Morgan fingerprint density at radius 2 is 2.25 bits per heavy atom. The largest absolute Gasteiger partial charge is 0.447 e. The summed E-state index contributed by atoms with van der Waals surface area (Å²) >= 11 is 0. The number of nitro benzene ring substituents is 1. The average Bonchev–Trinajstić information content (AvgIpc) is 2.64. The predicted molar refractivity (Wildman–Crippen MR) is 51.7 cm³/mol. The number of non-ortho nitro benzene ring substituents is 1. The molecule has 16 heavy (non-hydrogen) atoms. The molecule has 2 rings (SSSR count). The number of rotatable bonds is 2. The van der Waals surface area contributed by atoms with Gasteiger partial charge in [-0.3, -0.25) is 15.0 Å². The van der Waals surface area contributed by atoms with Gasteiger partial charge in [-0.15, -0.1) is 0 Å². The molecule has 1 heterocycles. The van der Waals surface area contributed by atoms with E-state index in [1.165, 1.54) is 6.07 Å². The highest BCUT2D eigenvalue weighted by atomic mass is 19.1. The number of carbonyl (C=O) groups excluding carboxylic acids is 1. The number of benzene rings is 1. The summed E-state index contributed by atoms with van der Waals surface area (Å²) < 4.78 is 18.1. The minimum Gasteiger partial charge on any atom is -0.447 e. The van der Waals surface area contributed by atoms with Crippen molar-refractivity contribution in [3.05, 3.63) is 34.1 Å². The highest BCUT2D eigenvalue weighted by Crippen LogP contribution is 2.25. The fourth-order valence-electron chi connectivity index (χ4n) is 1.44. The molecule has 0 aliphatic carbocycles. The minimum atomic E-state index is -0.812. The van der Waals surface area contributed by atoms with Gasteiger partial charge in [-0.1, -0.05) is 0 Å². The molecule has 0 atom stereocenters. The average molecular weight is 226 g/mol. The summed E-state index contributed by atoms with van der Waals surface area (Å²) in [5, 5.41) is 10.4. The van der Waals surface area contributed by atoms with Gasteiger partial charge >= 0.3 is 6.09 Å². The number of carbonyl (C=O) groups is 1.